The summed E-state index contributed by atoms with van der Waals surface area (Å²) in [7, 11) is 0. The van der Waals surface area contributed by atoms with E-state index in [0.717, 1.165) is 16.2 Å². The summed E-state index contributed by atoms with van der Waals surface area (Å²) in [5, 5.41) is 0. The normalized spacial score (nSPS) is 10.3. The molecule has 1 aromatic carbocycles. The summed E-state index contributed by atoms with van der Waals surface area (Å²) in [5.41, 5.74) is 6.24. The quantitative estimate of drug-likeness (QED) is 0.925. The summed E-state index contributed by atoms with van der Waals surface area (Å²) in [6.07, 6.45) is 0.977. The molecule has 0 aliphatic heterocycles. The van der Waals surface area contributed by atoms with Crippen molar-refractivity contribution < 1.29 is 9.13 Å². The van der Waals surface area contributed by atoms with Gasteiger partial charge >= 0.3 is 0 Å². The molecule has 0 bridgehead atoms. The Labute approximate surface area is 106 Å². The number of aryl methyl sites for hydroxylation is 1. The molecule has 2 rings (SSSR count). The molecule has 0 saturated heterocycles. The average Bonchev–Trinajstić information content (AvgIpc) is 2.28. The van der Waals surface area contributed by atoms with Gasteiger partial charge in [0, 0.05) is 4.47 Å². The van der Waals surface area contributed by atoms with Crippen molar-refractivity contribution in [1.82, 2.24) is 9.97 Å². The molecule has 0 atom stereocenters. The number of nitrogens with zero attached hydrogens (tertiary/aromatic N) is 2. The van der Waals surface area contributed by atoms with Crippen molar-refractivity contribution in [2.45, 2.75) is 6.92 Å². The molecule has 1 aromatic heterocycles. The first-order chi connectivity index (χ1) is 8.06. The maximum Gasteiger partial charge on any atom is 0.260 e. The number of hydrogen-bond donors (Lipinski definition) is 1. The van der Waals surface area contributed by atoms with Gasteiger partial charge in [-0.3, -0.25) is 0 Å². The summed E-state index contributed by atoms with van der Waals surface area (Å²) in [6.45, 7) is 1.85. The van der Waals surface area contributed by atoms with Gasteiger partial charge in [0.25, 0.3) is 5.88 Å². The Kier molecular flexibility index (Phi) is 3.23. The van der Waals surface area contributed by atoms with Gasteiger partial charge in [-0.1, -0.05) is 22.0 Å². The minimum absolute atomic E-state index is 0.0333. The topological polar surface area (TPSA) is 61.0 Å². The second kappa shape index (κ2) is 4.67. The van der Waals surface area contributed by atoms with Crippen molar-refractivity contribution in [3.8, 4) is 11.6 Å². The van der Waals surface area contributed by atoms with Crippen LogP contribution in [0.15, 0.2) is 28.9 Å². The van der Waals surface area contributed by atoms with Crippen LogP contribution in [0, 0.1) is 12.7 Å². The van der Waals surface area contributed by atoms with Gasteiger partial charge in [0.05, 0.1) is 6.20 Å². The number of nitrogens with two attached hydrogens (primary N) is 1. The highest BCUT2D eigenvalue weighted by Gasteiger charge is 2.10. The van der Waals surface area contributed by atoms with Crippen LogP contribution in [-0.4, -0.2) is 9.97 Å². The zero-order valence-corrected chi connectivity index (χ0v) is 10.5. The van der Waals surface area contributed by atoms with Crippen LogP contribution in [0.4, 0.5) is 10.3 Å². The van der Waals surface area contributed by atoms with Crippen molar-refractivity contribution in [3.05, 3.63) is 40.2 Å². The van der Waals surface area contributed by atoms with E-state index in [4.69, 9.17) is 10.5 Å². The Balaban J connectivity index is 2.37. The van der Waals surface area contributed by atoms with Crippen LogP contribution in [0.25, 0.3) is 0 Å². The van der Waals surface area contributed by atoms with Gasteiger partial charge in [0.2, 0.25) is 11.8 Å². The van der Waals surface area contributed by atoms with E-state index in [0.29, 0.717) is 5.75 Å². The molecule has 2 N–H and O–H groups in total. The molecule has 17 heavy (non-hydrogen) atoms. The van der Waals surface area contributed by atoms with Gasteiger partial charge in [-0.15, -0.1) is 0 Å². The maximum absolute atomic E-state index is 13.4. The molecule has 0 saturated carbocycles. The Hall–Kier alpha value is -1.69. The third-order valence-electron chi connectivity index (χ3n) is 2.09. The Morgan fingerprint density at radius 3 is 2.94 bits per heavy atom. The molecule has 1 heterocycles. The highest BCUT2D eigenvalue weighted by Crippen LogP contribution is 2.28. The Morgan fingerprint density at radius 2 is 2.18 bits per heavy atom. The van der Waals surface area contributed by atoms with E-state index < -0.39 is 5.82 Å². The fourth-order valence-corrected chi connectivity index (χ4v) is 1.56. The standard InChI is InChI=1S/C11H9BrFN3O/c1-6-2-3-7(12)4-9(6)17-10-8(13)5-15-11(14)16-10/h2-5H,1H3,(H2,14,15,16). The molecule has 0 unspecified atom stereocenters. The minimum atomic E-state index is -0.654. The van der Waals surface area contributed by atoms with Gasteiger partial charge in [0.1, 0.15) is 5.75 Å². The summed E-state index contributed by atoms with van der Waals surface area (Å²) in [5.74, 6) is -0.359. The fraction of sp³-hybridized carbons (Fsp3) is 0.0909. The number of benzene rings is 1. The van der Waals surface area contributed by atoms with Crippen molar-refractivity contribution in [2.75, 3.05) is 5.73 Å². The molecular formula is C11H9BrFN3O. The van der Waals surface area contributed by atoms with Crippen molar-refractivity contribution >= 4 is 21.9 Å². The number of rotatable bonds is 2. The number of anilines is 1. The lowest BCUT2D eigenvalue weighted by Gasteiger charge is -2.08. The van der Waals surface area contributed by atoms with Gasteiger partial charge < -0.3 is 10.5 Å². The highest BCUT2D eigenvalue weighted by molar-refractivity contribution is 9.10. The van der Waals surface area contributed by atoms with Gasteiger partial charge in [-0.05, 0) is 24.6 Å². The molecule has 0 radical (unpaired) electrons. The largest absolute Gasteiger partial charge is 0.436 e. The number of hydrogen-bond acceptors (Lipinski definition) is 4. The lowest BCUT2D eigenvalue weighted by Crippen LogP contribution is -2.00. The van der Waals surface area contributed by atoms with Crippen LogP contribution in [0.5, 0.6) is 11.6 Å². The smallest absolute Gasteiger partial charge is 0.260 e. The summed E-state index contributed by atoms with van der Waals surface area (Å²) >= 11 is 3.31. The Bertz CT molecular complexity index is 513. The second-order valence-corrected chi connectivity index (χ2v) is 4.31. The van der Waals surface area contributed by atoms with Crippen molar-refractivity contribution in [3.63, 3.8) is 0 Å². The maximum atomic E-state index is 13.4. The van der Waals surface area contributed by atoms with Crippen LogP contribution < -0.4 is 10.5 Å². The lowest BCUT2D eigenvalue weighted by atomic mass is 10.2. The minimum Gasteiger partial charge on any atom is -0.436 e. The first-order valence-electron chi connectivity index (χ1n) is 4.78. The molecule has 0 fully saturated rings. The van der Waals surface area contributed by atoms with Crippen LogP contribution in [0.1, 0.15) is 5.56 Å². The average molecular weight is 298 g/mol. The molecule has 6 heteroatoms. The summed E-state index contributed by atoms with van der Waals surface area (Å²) < 4.78 is 19.6. The number of ether oxygens (including phenoxy) is 1. The molecule has 4 nitrogen and oxygen atoms in total. The molecule has 0 amide bonds. The monoisotopic (exact) mass is 297 g/mol. The number of nitrogen functional groups attached to an aromatic ring is 1. The number of aromatic nitrogens is 2. The van der Waals surface area contributed by atoms with Gasteiger partial charge in [0.15, 0.2) is 0 Å². The van der Waals surface area contributed by atoms with Crippen molar-refractivity contribution in [1.29, 1.82) is 0 Å². The zero-order valence-electron chi connectivity index (χ0n) is 8.95. The third kappa shape index (κ3) is 2.71. The molecule has 88 valence electrons. The van der Waals surface area contributed by atoms with E-state index >= 15 is 0 Å². The van der Waals surface area contributed by atoms with E-state index in [1.807, 2.05) is 19.1 Å². The van der Waals surface area contributed by atoms with E-state index in [1.54, 1.807) is 6.07 Å². The zero-order chi connectivity index (χ0) is 12.4. The molecule has 0 spiro atoms. The Morgan fingerprint density at radius 1 is 1.41 bits per heavy atom. The lowest BCUT2D eigenvalue weighted by molar-refractivity contribution is 0.418. The molecule has 0 aliphatic rings. The summed E-state index contributed by atoms with van der Waals surface area (Å²) in [6, 6.07) is 5.45. The third-order valence-corrected chi connectivity index (χ3v) is 2.58. The van der Waals surface area contributed by atoms with E-state index in [2.05, 4.69) is 25.9 Å². The first kappa shape index (κ1) is 11.8. The van der Waals surface area contributed by atoms with E-state index in [1.165, 1.54) is 0 Å². The SMILES string of the molecule is Cc1ccc(Br)cc1Oc1nc(N)ncc1F. The predicted octanol–water partition coefficient (Wildman–Crippen LogP) is 3.06. The molecule has 0 aliphatic carbocycles. The summed E-state index contributed by atoms with van der Waals surface area (Å²) in [4.78, 5) is 7.22. The molecular weight excluding hydrogens is 289 g/mol. The van der Waals surface area contributed by atoms with E-state index in [9.17, 15) is 4.39 Å². The fourth-order valence-electron chi connectivity index (χ4n) is 1.22. The first-order valence-corrected chi connectivity index (χ1v) is 5.57. The van der Waals surface area contributed by atoms with Crippen LogP contribution in [-0.2, 0) is 0 Å². The van der Waals surface area contributed by atoms with E-state index in [-0.39, 0.29) is 11.8 Å². The van der Waals surface area contributed by atoms with Gasteiger partial charge in [-0.2, -0.15) is 9.37 Å². The molecule has 2 aromatic rings. The van der Waals surface area contributed by atoms with Crippen LogP contribution >= 0.6 is 15.9 Å². The predicted molar refractivity (Wildman–Crippen MR) is 65.4 cm³/mol. The van der Waals surface area contributed by atoms with Crippen molar-refractivity contribution in [2.24, 2.45) is 0 Å². The number of halogens is 2. The van der Waals surface area contributed by atoms with Gasteiger partial charge in [-0.25, -0.2) is 4.98 Å². The highest BCUT2D eigenvalue weighted by atomic mass is 79.9. The van der Waals surface area contributed by atoms with Crippen LogP contribution in [0.2, 0.25) is 0 Å². The second-order valence-electron chi connectivity index (χ2n) is 3.39. The van der Waals surface area contributed by atoms with Crippen LogP contribution in [0.3, 0.4) is 0 Å².